The minimum absolute atomic E-state index is 1.28. The quantitative estimate of drug-likeness (QED) is 0.157. The third kappa shape index (κ3) is 16.7. The first kappa shape index (κ1) is 41.7. The van der Waals surface area contributed by atoms with Crippen molar-refractivity contribution in [3.63, 3.8) is 0 Å². The topological polar surface area (TPSA) is 89.5 Å². The summed E-state index contributed by atoms with van der Waals surface area (Å²) in [6, 6.07) is 83.1. The summed E-state index contributed by atoms with van der Waals surface area (Å²) in [4.78, 5) is 0. The summed E-state index contributed by atoms with van der Waals surface area (Å²) < 4.78 is 39.9. The van der Waals surface area contributed by atoms with Crippen LogP contribution in [0.4, 0.5) is 0 Å². The fourth-order valence-electron chi connectivity index (χ4n) is 5.09. The number of hydrogen-bond acceptors (Lipinski definition) is 5. The molecule has 5 nitrogen and oxygen atoms in total. The second-order valence-corrected chi connectivity index (χ2v) is 12.8. The van der Waals surface area contributed by atoms with Crippen LogP contribution in [-0.2, 0) is 26.4 Å². The van der Waals surface area contributed by atoms with Crippen molar-refractivity contribution >= 4 is 22.7 Å². The molecular weight excluding hydrogens is 721 g/mol. The van der Waals surface area contributed by atoms with Gasteiger partial charge in [-0.05, 0) is 44.5 Å². The molecule has 0 amide bonds. The average molecular weight is 761 g/mol. The Hall–Kier alpha value is -6.06. The van der Waals surface area contributed by atoms with Gasteiger partial charge in [0.25, 0.3) is 0 Å². The molecule has 7 heteroatoms. The van der Waals surface area contributed by atoms with Gasteiger partial charge in [0.05, 0.1) is 22.7 Å². The lowest BCUT2D eigenvalue weighted by atomic mass is 10.1. The maximum absolute atomic E-state index is 9.19. The second kappa shape index (κ2) is 25.0. The maximum Gasteiger partial charge on any atom is 0.0994 e. The first-order valence-electron chi connectivity index (χ1n) is 17.3. The molecule has 8 aromatic rings. The second-order valence-electron chi connectivity index (χ2n) is 11.4. The summed E-state index contributed by atoms with van der Waals surface area (Å²) in [7, 11) is 0. The highest BCUT2D eigenvalue weighted by Gasteiger charge is 1.94. The SMILES string of the molecule is O=S([O-])OS(=O)[O-].c1ccc(-c2ccccc2)cc1.c1ccc(-c2ccccc2)cc1.c1ccc(-c2ccccc2)cc1.c1ccc(-c2ccccc2)cc1. The molecule has 0 aliphatic heterocycles. The summed E-state index contributed by atoms with van der Waals surface area (Å²) >= 11 is -5.92. The zero-order valence-electron chi connectivity index (χ0n) is 30.0. The Bertz CT molecular complexity index is 1730. The first-order chi connectivity index (χ1) is 27.0. The first-order valence-corrected chi connectivity index (χ1v) is 19.3. The highest BCUT2D eigenvalue weighted by Crippen LogP contribution is 2.20. The maximum atomic E-state index is 9.19. The molecule has 8 aromatic carbocycles. The van der Waals surface area contributed by atoms with E-state index in [2.05, 4.69) is 198 Å². The minimum atomic E-state index is -2.96. The Balaban J connectivity index is 0.000000155. The fourth-order valence-corrected chi connectivity index (χ4v) is 5.45. The summed E-state index contributed by atoms with van der Waals surface area (Å²) in [6.45, 7) is 0. The Morgan fingerprint density at radius 2 is 0.345 bits per heavy atom. The standard InChI is InChI=1S/4C12H10.H2O5S2/c4*1-3-7-11(8-4-1)12-9-5-2-6-10-12;1-6(2)5-7(3)4/h4*1-10H;(H,1,2)(H,3,4)/p-2. The van der Waals surface area contributed by atoms with Crippen LogP contribution < -0.4 is 0 Å². The van der Waals surface area contributed by atoms with Crippen molar-refractivity contribution in [1.82, 2.24) is 0 Å². The van der Waals surface area contributed by atoms with Gasteiger partial charge in [0, 0.05) is 0 Å². The van der Waals surface area contributed by atoms with E-state index in [9.17, 15) is 17.5 Å². The Labute approximate surface area is 329 Å². The smallest absolute Gasteiger partial charge is 0.0994 e. The van der Waals surface area contributed by atoms with Gasteiger partial charge in [-0.25, -0.2) is 12.0 Å². The van der Waals surface area contributed by atoms with Gasteiger partial charge >= 0.3 is 0 Å². The molecule has 0 fully saturated rings. The molecule has 8 rings (SSSR count). The monoisotopic (exact) mass is 760 g/mol. The molecule has 0 bridgehead atoms. The van der Waals surface area contributed by atoms with Gasteiger partial charge in [-0.15, -0.1) is 0 Å². The highest BCUT2D eigenvalue weighted by atomic mass is 32.3. The van der Waals surface area contributed by atoms with Crippen molar-refractivity contribution < 1.29 is 21.2 Å². The fraction of sp³-hybridized carbons (Fsp3) is 0. The van der Waals surface area contributed by atoms with Crippen molar-refractivity contribution in [2.45, 2.75) is 0 Å². The van der Waals surface area contributed by atoms with Crippen molar-refractivity contribution in [1.29, 1.82) is 0 Å². The Kier molecular flexibility index (Phi) is 19.0. The van der Waals surface area contributed by atoms with Crippen LogP contribution in [0.25, 0.3) is 44.5 Å². The molecule has 0 heterocycles. The summed E-state index contributed by atoms with van der Waals surface area (Å²) in [5, 5.41) is 0. The highest BCUT2D eigenvalue weighted by molar-refractivity contribution is 7.87. The molecule has 0 aliphatic carbocycles. The van der Waals surface area contributed by atoms with Crippen LogP contribution in [0.2, 0.25) is 0 Å². The van der Waals surface area contributed by atoms with E-state index >= 15 is 0 Å². The van der Waals surface area contributed by atoms with Gasteiger partial charge in [-0.1, -0.05) is 243 Å². The number of hydrogen-bond donors (Lipinski definition) is 0. The van der Waals surface area contributed by atoms with Crippen molar-refractivity contribution in [3.8, 4) is 44.5 Å². The molecule has 0 aromatic heterocycles. The van der Waals surface area contributed by atoms with Crippen LogP contribution >= 0.6 is 0 Å². The van der Waals surface area contributed by atoms with E-state index in [1.54, 1.807) is 0 Å². The van der Waals surface area contributed by atoms with Crippen LogP contribution in [0.1, 0.15) is 0 Å². The molecule has 0 spiro atoms. The van der Waals surface area contributed by atoms with Crippen LogP contribution in [0.3, 0.4) is 0 Å². The molecule has 0 atom stereocenters. The van der Waals surface area contributed by atoms with Crippen molar-refractivity contribution in [2.24, 2.45) is 0 Å². The van der Waals surface area contributed by atoms with Gasteiger partial charge < -0.3 is 9.11 Å². The lowest BCUT2D eigenvalue weighted by Gasteiger charge is -2.04. The van der Waals surface area contributed by atoms with E-state index in [1.165, 1.54) is 44.5 Å². The molecule has 0 N–H and O–H groups in total. The average Bonchev–Trinajstić information content (AvgIpc) is 3.27. The Morgan fingerprint density at radius 1 is 0.236 bits per heavy atom. The molecule has 55 heavy (non-hydrogen) atoms. The Morgan fingerprint density at radius 3 is 0.418 bits per heavy atom. The molecule has 276 valence electrons. The van der Waals surface area contributed by atoms with E-state index in [0.717, 1.165) is 0 Å². The third-order valence-corrected chi connectivity index (χ3v) is 8.52. The van der Waals surface area contributed by atoms with Crippen molar-refractivity contribution in [3.05, 3.63) is 243 Å². The molecule has 0 aliphatic rings. The lowest BCUT2D eigenvalue weighted by Crippen LogP contribution is -1.97. The third-order valence-electron chi connectivity index (χ3n) is 7.63. The van der Waals surface area contributed by atoms with Crippen LogP contribution in [0.5, 0.6) is 0 Å². The van der Waals surface area contributed by atoms with Gasteiger partial charge in [0.2, 0.25) is 0 Å². The van der Waals surface area contributed by atoms with E-state index in [1.807, 2.05) is 48.5 Å². The van der Waals surface area contributed by atoms with E-state index in [-0.39, 0.29) is 0 Å². The summed E-state index contributed by atoms with van der Waals surface area (Å²) in [5.74, 6) is 0. The van der Waals surface area contributed by atoms with Gasteiger partial charge in [0.15, 0.2) is 0 Å². The predicted molar refractivity (Wildman–Crippen MR) is 226 cm³/mol. The van der Waals surface area contributed by atoms with Crippen LogP contribution in [0, 0.1) is 0 Å². The van der Waals surface area contributed by atoms with Gasteiger partial charge in [0.1, 0.15) is 0 Å². The molecule has 0 saturated carbocycles. The molecule has 0 radical (unpaired) electrons. The molecule has 0 saturated heterocycles. The van der Waals surface area contributed by atoms with Crippen molar-refractivity contribution in [2.75, 3.05) is 0 Å². The van der Waals surface area contributed by atoms with E-state index in [0.29, 0.717) is 0 Å². The minimum Gasteiger partial charge on any atom is -0.749 e. The number of benzene rings is 8. The van der Waals surface area contributed by atoms with E-state index < -0.39 is 22.7 Å². The zero-order valence-corrected chi connectivity index (χ0v) is 31.6. The van der Waals surface area contributed by atoms with Crippen LogP contribution in [0.15, 0.2) is 243 Å². The lowest BCUT2D eigenvalue weighted by molar-refractivity contribution is 0.407. The van der Waals surface area contributed by atoms with E-state index in [4.69, 9.17) is 0 Å². The normalized spacial score (nSPS) is 10.8. The van der Waals surface area contributed by atoms with Gasteiger partial charge in [-0.3, -0.25) is 0 Å². The predicted octanol–water partition coefficient (Wildman–Crippen LogP) is 12.0. The summed E-state index contributed by atoms with van der Waals surface area (Å²) in [5.41, 5.74) is 10.2. The van der Waals surface area contributed by atoms with Gasteiger partial charge in [-0.2, -0.15) is 0 Å². The number of rotatable bonds is 6. The molecular formula is C48H40O5S2-2. The zero-order chi connectivity index (χ0) is 38.8. The largest absolute Gasteiger partial charge is 0.749 e. The summed E-state index contributed by atoms with van der Waals surface area (Å²) in [6.07, 6.45) is 0. The molecule has 0 unspecified atom stereocenters. The van der Waals surface area contributed by atoms with Crippen LogP contribution in [-0.4, -0.2) is 17.5 Å².